The number of aromatic carboxylic acids is 1. The second-order valence-electron chi connectivity index (χ2n) is 1.99. The van der Waals surface area contributed by atoms with E-state index >= 15 is 0 Å². The van der Waals surface area contributed by atoms with Gasteiger partial charge in [0.15, 0.2) is 0 Å². The van der Waals surface area contributed by atoms with Crippen molar-refractivity contribution < 1.29 is 9.90 Å². The second-order valence-corrected chi connectivity index (χ2v) is 3.20. The molecule has 1 N–H and O–H groups in total. The molecule has 0 saturated heterocycles. The summed E-state index contributed by atoms with van der Waals surface area (Å²) in [4.78, 5) is 14.9. The van der Waals surface area contributed by atoms with Crippen LogP contribution in [0.15, 0.2) is 17.0 Å². The van der Waals surface area contributed by atoms with Crippen molar-refractivity contribution in [1.82, 2.24) is 4.98 Å². The predicted octanol–water partition coefficient (Wildman–Crippen LogP) is 2.16. The Labute approximate surface area is 78.8 Å². The van der Waals surface area contributed by atoms with E-state index in [-0.39, 0.29) is 10.8 Å². The van der Waals surface area contributed by atoms with E-state index < -0.39 is 5.97 Å². The van der Waals surface area contributed by atoms with Crippen LogP contribution < -0.4 is 0 Å². The first kappa shape index (κ1) is 9.35. The Morgan fingerprint density at radius 2 is 2.33 bits per heavy atom. The van der Waals surface area contributed by atoms with Gasteiger partial charge in [0.2, 0.25) is 0 Å². The molecule has 1 aromatic rings. The van der Waals surface area contributed by atoms with Crippen LogP contribution in [-0.4, -0.2) is 22.3 Å². The molecule has 0 aliphatic heterocycles. The molecule has 1 heterocycles. The molecule has 0 atom stereocenters. The topological polar surface area (TPSA) is 50.2 Å². The highest BCUT2D eigenvalue weighted by Gasteiger charge is 2.07. The Morgan fingerprint density at radius 1 is 1.67 bits per heavy atom. The van der Waals surface area contributed by atoms with Gasteiger partial charge in [0.1, 0.15) is 10.8 Å². The van der Waals surface area contributed by atoms with Crippen LogP contribution in [0.4, 0.5) is 0 Å². The van der Waals surface area contributed by atoms with Crippen molar-refractivity contribution in [2.45, 2.75) is 4.90 Å². The lowest BCUT2D eigenvalue weighted by molar-refractivity contribution is 0.0690. The lowest BCUT2D eigenvalue weighted by atomic mass is 10.4. The SMILES string of the molecule is CSc1ccc(C(=O)O)nc1Cl. The summed E-state index contributed by atoms with van der Waals surface area (Å²) in [5.74, 6) is -1.07. The highest BCUT2D eigenvalue weighted by Crippen LogP contribution is 2.22. The Balaban J connectivity index is 3.10. The molecule has 0 aliphatic carbocycles. The van der Waals surface area contributed by atoms with Gasteiger partial charge in [-0.2, -0.15) is 0 Å². The first-order chi connectivity index (χ1) is 5.65. The van der Waals surface area contributed by atoms with Gasteiger partial charge in [-0.3, -0.25) is 0 Å². The summed E-state index contributed by atoms with van der Waals surface area (Å²) in [6, 6.07) is 3.07. The van der Waals surface area contributed by atoms with Crippen LogP contribution >= 0.6 is 23.4 Å². The van der Waals surface area contributed by atoms with Gasteiger partial charge in [0.05, 0.1) is 0 Å². The number of nitrogens with zero attached hydrogens (tertiary/aromatic N) is 1. The summed E-state index contributed by atoms with van der Waals surface area (Å²) in [7, 11) is 0. The zero-order valence-corrected chi connectivity index (χ0v) is 7.82. The van der Waals surface area contributed by atoms with Crippen molar-refractivity contribution in [2.75, 3.05) is 6.26 Å². The van der Waals surface area contributed by atoms with Gasteiger partial charge in [0, 0.05) is 4.90 Å². The van der Waals surface area contributed by atoms with Gasteiger partial charge < -0.3 is 5.11 Å². The van der Waals surface area contributed by atoms with Crippen LogP contribution in [0.3, 0.4) is 0 Å². The van der Waals surface area contributed by atoms with Crippen molar-refractivity contribution in [3.63, 3.8) is 0 Å². The molecule has 64 valence electrons. The molecule has 3 nitrogen and oxygen atoms in total. The average molecular weight is 204 g/mol. The van der Waals surface area contributed by atoms with Gasteiger partial charge in [-0.25, -0.2) is 9.78 Å². The molecule has 0 saturated carbocycles. The molecule has 12 heavy (non-hydrogen) atoms. The molecule has 1 aromatic heterocycles. The Kier molecular flexibility index (Phi) is 2.94. The molecule has 0 fully saturated rings. The van der Waals surface area contributed by atoms with E-state index in [1.165, 1.54) is 17.8 Å². The molecule has 0 amide bonds. The fourth-order valence-corrected chi connectivity index (χ4v) is 1.50. The highest BCUT2D eigenvalue weighted by atomic mass is 35.5. The fourth-order valence-electron chi connectivity index (χ4n) is 0.693. The van der Waals surface area contributed by atoms with Gasteiger partial charge in [-0.15, -0.1) is 11.8 Å². The monoisotopic (exact) mass is 203 g/mol. The van der Waals surface area contributed by atoms with Crippen LogP contribution in [0.2, 0.25) is 5.15 Å². The molecule has 0 unspecified atom stereocenters. The van der Waals surface area contributed by atoms with Gasteiger partial charge in [0.25, 0.3) is 0 Å². The van der Waals surface area contributed by atoms with E-state index in [1.807, 2.05) is 6.26 Å². The van der Waals surface area contributed by atoms with Crippen molar-refractivity contribution in [1.29, 1.82) is 0 Å². The van der Waals surface area contributed by atoms with Gasteiger partial charge in [-0.05, 0) is 18.4 Å². The molecule has 5 heteroatoms. The van der Waals surface area contributed by atoms with Crippen molar-refractivity contribution >= 4 is 29.3 Å². The zero-order chi connectivity index (χ0) is 9.14. The fraction of sp³-hybridized carbons (Fsp3) is 0.143. The summed E-state index contributed by atoms with van der Waals surface area (Å²) in [6.45, 7) is 0. The minimum absolute atomic E-state index is 0.0298. The minimum Gasteiger partial charge on any atom is -0.477 e. The lowest BCUT2D eigenvalue weighted by Gasteiger charge is -1.99. The second kappa shape index (κ2) is 3.78. The van der Waals surface area contributed by atoms with Gasteiger partial charge in [-0.1, -0.05) is 11.6 Å². The van der Waals surface area contributed by atoms with Crippen molar-refractivity contribution in [3.05, 3.63) is 23.0 Å². The zero-order valence-electron chi connectivity index (χ0n) is 6.24. The van der Waals surface area contributed by atoms with E-state index in [0.29, 0.717) is 0 Å². The van der Waals surface area contributed by atoms with Crippen molar-refractivity contribution in [2.24, 2.45) is 0 Å². The largest absolute Gasteiger partial charge is 0.477 e. The van der Waals surface area contributed by atoms with E-state index in [1.54, 1.807) is 6.07 Å². The Hall–Kier alpha value is -0.740. The number of carbonyl (C=O) groups is 1. The first-order valence-corrected chi connectivity index (χ1v) is 4.69. The Bertz CT molecular complexity index is 316. The van der Waals surface area contributed by atoms with Crippen LogP contribution in [0.5, 0.6) is 0 Å². The Morgan fingerprint density at radius 3 is 2.75 bits per heavy atom. The molecule has 0 spiro atoms. The molecule has 0 aliphatic rings. The van der Waals surface area contributed by atoms with E-state index in [2.05, 4.69) is 4.98 Å². The molecule has 1 rings (SSSR count). The molecule has 0 radical (unpaired) electrons. The summed E-state index contributed by atoms with van der Waals surface area (Å²) >= 11 is 7.11. The minimum atomic E-state index is -1.07. The van der Waals surface area contributed by atoms with Crippen LogP contribution in [0.1, 0.15) is 10.5 Å². The lowest BCUT2D eigenvalue weighted by Crippen LogP contribution is -1.99. The number of thioether (sulfide) groups is 1. The van der Waals surface area contributed by atoms with Crippen LogP contribution in [-0.2, 0) is 0 Å². The summed E-state index contributed by atoms with van der Waals surface area (Å²) in [6.07, 6.45) is 1.85. The number of hydrogen-bond donors (Lipinski definition) is 1. The van der Waals surface area contributed by atoms with Gasteiger partial charge >= 0.3 is 5.97 Å². The maximum atomic E-state index is 10.4. The third kappa shape index (κ3) is 1.89. The van der Waals surface area contributed by atoms with E-state index in [4.69, 9.17) is 16.7 Å². The third-order valence-electron chi connectivity index (χ3n) is 1.25. The smallest absolute Gasteiger partial charge is 0.354 e. The molecular formula is C7H6ClNO2S. The average Bonchev–Trinajstić information content (AvgIpc) is 2.04. The summed E-state index contributed by atoms with van der Waals surface area (Å²) < 4.78 is 0. The van der Waals surface area contributed by atoms with E-state index in [9.17, 15) is 4.79 Å². The number of halogens is 1. The van der Waals surface area contributed by atoms with Crippen LogP contribution in [0, 0.1) is 0 Å². The maximum Gasteiger partial charge on any atom is 0.354 e. The van der Waals surface area contributed by atoms with Crippen molar-refractivity contribution in [3.8, 4) is 0 Å². The number of carboxylic acid groups (broad SMARTS) is 1. The number of pyridine rings is 1. The normalized spacial score (nSPS) is 9.83. The number of hydrogen-bond acceptors (Lipinski definition) is 3. The summed E-state index contributed by atoms with van der Waals surface area (Å²) in [5, 5.41) is 8.78. The number of aromatic nitrogens is 1. The number of carboxylic acids is 1. The van der Waals surface area contributed by atoms with Crippen LogP contribution in [0.25, 0.3) is 0 Å². The maximum absolute atomic E-state index is 10.4. The number of rotatable bonds is 2. The highest BCUT2D eigenvalue weighted by molar-refractivity contribution is 7.98. The first-order valence-electron chi connectivity index (χ1n) is 3.09. The molecule has 0 aromatic carbocycles. The standard InChI is InChI=1S/C7H6ClNO2S/c1-12-5-3-2-4(7(10)11)9-6(5)8/h2-3H,1H3,(H,10,11). The third-order valence-corrected chi connectivity index (χ3v) is 2.42. The quantitative estimate of drug-likeness (QED) is 0.591. The molecule has 0 bridgehead atoms. The predicted molar refractivity (Wildman–Crippen MR) is 48.0 cm³/mol. The van der Waals surface area contributed by atoms with E-state index in [0.717, 1.165) is 4.90 Å². The summed E-state index contributed by atoms with van der Waals surface area (Å²) in [5.41, 5.74) is -0.0298. The molecular weight excluding hydrogens is 198 g/mol.